The Morgan fingerprint density at radius 1 is 0.515 bits per heavy atom. The normalized spacial score (nSPS) is 8.85. The predicted molar refractivity (Wildman–Crippen MR) is 117 cm³/mol. The molecule has 6 nitrogen and oxygen atoms in total. The molecule has 33 heavy (non-hydrogen) atoms. The number of hydrogen-bond donors (Lipinski definition) is 0. The fraction of sp³-hybridized carbons (Fsp3) is 0.154. The summed E-state index contributed by atoms with van der Waals surface area (Å²) in [5, 5.41) is 41.0. The van der Waals surface area contributed by atoms with Crippen molar-refractivity contribution in [2.75, 3.05) is 0 Å². The standard InChI is InChI=1S/2C7H7O.2C6H7NO.Ti/c2*8-6-7-4-2-1-3-5-7;2*1-5-3-2-4-6(8)7-5;/h2*1-5H,6H2;2*2-4H,1H3,(H,7,8);/q2*-1;;;+4/p-2. The molecule has 2 heterocycles. The maximum atomic E-state index is 10.4. The third-order valence-electron chi connectivity index (χ3n) is 3.74. The molecule has 0 saturated carbocycles. The maximum absolute atomic E-state index is 10.4. The summed E-state index contributed by atoms with van der Waals surface area (Å²) in [6, 6.07) is 28.4. The van der Waals surface area contributed by atoms with Gasteiger partial charge < -0.3 is 20.4 Å². The minimum atomic E-state index is -0.162. The summed E-state index contributed by atoms with van der Waals surface area (Å²) >= 11 is 0. The fourth-order valence-corrected chi connectivity index (χ4v) is 2.18. The van der Waals surface area contributed by atoms with Crippen molar-refractivity contribution in [2.45, 2.75) is 27.1 Å². The van der Waals surface area contributed by atoms with Crippen LogP contribution >= 0.6 is 0 Å². The van der Waals surface area contributed by atoms with Crippen LogP contribution in [0.3, 0.4) is 0 Å². The van der Waals surface area contributed by atoms with E-state index < -0.39 is 0 Å². The number of aryl methyl sites for hydroxylation is 2. The molecule has 2 aromatic carbocycles. The van der Waals surface area contributed by atoms with E-state index in [9.17, 15) is 20.4 Å². The second kappa shape index (κ2) is 18.5. The van der Waals surface area contributed by atoms with Crippen LogP contribution in [0.25, 0.3) is 0 Å². The number of benzene rings is 2. The molecule has 0 amide bonds. The average Bonchev–Trinajstić information content (AvgIpc) is 2.81. The van der Waals surface area contributed by atoms with Crippen LogP contribution in [0.2, 0.25) is 0 Å². The van der Waals surface area contributed by atoms with Gasteiger partial charge in [-0.25, -0.2) is 0 Å². The van der Waals surface area contributed by atoms with Crippen molar-refractivity contribution in [1.29, 1.82) is 0 Å². The summed E-state index contributed by atoms with van der Waals surface area (Å²) in [4.78, 5) is 7.24. The van der Waals surface area contributed by atoms with Gasteiger partial charge in [0.25, 0.3) is 0 Å². The van der Waals surface area contributed by atoms with Crippen LogP contribution in [0.4, 0.5) is 0 Å². The Bertz CT molecular complexity index is 886. The molecule has 0 saturated heterocycles. The zero-order valence-corrected chi connectivity index (χ0v) is 20.2. The van der Waals surface area contributed by atoms with E-state index in [1.54, 1.807) is 38.1 Å². The summed E-state index contributed by atoms with van der Waals surface area (Å²) in [6.45, 7) is 3.37. The topological polar surface area (TPSA) is 118 Å². The number of rotatable bonds is 2. The van der Waals surface area contributed by atoms with Crippen molar-refractivity contribution in [1.82, 2.24) is 9.97 Å². The van der Waals surface area contributed by atoms with Crippen molar-refractivity contribution in [3.63, 3.8) is 0 Å². The Labute approximate surface area is 210 Å². The van der Waals surface area contributed by atoms with Crippen molar-refractivity contribution in [3.8, 4) is 11.8 Å². The fourth-order valence-electron chi connectivity index (χ4n) is 2.18. The monoisotopic (exact) mass is 478 g/mol. The molecular formula is C26H26N2O4Ti. The second-order valence-electron chi connectivity index (χ2n) is 6.49. The Kier molecular flexibility index (Phi) is 16.8. The van der Waals surface area contributed by atoms with Gasteiger partial charge in [0.15, 0.2) is 0 Å². The van der Waals surface area contributed by atoms with Gasteiger partial charge in [0, 0.05) is 11.4 Å². The zero-order chi connectivity index (χ0) is 23.6. The van der Waals surface area contributed by atoms with Gasteiger partial charge in [-0.05, 0) is 37.7 Å². The second-order valence-corrected chi connectivity index (χ2v) is 6.49. The van der Waals surface area contributed by atoms with E-state index in [-0.39, 0.29) is 46.7 Å². The summed E-state index contributed by atoms with van der Waals surface area (Å²) in [6.07, 6.45) is 0. The Morgan fingerprint density at radius 2 is 0.848 bits per heavy atom. The smallest absolute Gasteiger partial charge is 0.859 e. The van der Waals surface area contributed by atoms with E-state index in [0.717, 1.165) is 22.5 Å². The minimum absolute atomic E-state index is 0. The van der Waals surface area contributed by atoms with E-state index in [0.29, 0.717) is 0 Å². The van der Waals surface area contributed by atoms with Crippen LogP contribution in [-0.2, 0) is 34.9 Å². The molecule has 0 aliphatic carbocycles. The number of pyridine rings is 2. The molecule has 0 aliphatic heterocycles. The number of nitrogens with zero attached hydrogens (tertiary/aromatic N) is 2. The van der Waals surface area contributed by atoms with Crippen LogP contribution in [0, 0.1) is 13.8 Å². The molecule has 4 aromatic rings. The summed E-state index contributed by atoms with van der Waals surface area (Å²) in [5.74, 6) is -0.324. The van der Waals surface area contributed by atoms with E-state index in [1.165, 1.54) is 12.1 Å². The van der Waals surface area contributed by atoms with Gasteiger partial charge in [-0.3, -0.25) is 9.97 Å². The van der Waals surface area contributed by atoms with Gasteiger partial charge in [-0.15, -0.1) is 13.2 Å². The predicted octanol–water partition coefficient (Wildman–Crippen LogP) is 2.02. The third-order valence-corrected chi connectivity index (χ3v) is 3.74. The quantitative estimate of drug-likeness (QED) is 0.407. The van der Waals surface area contributed by atoms with E-state index >= 15 is 0 Å². The van der Waals surface area contributed by atoms with Gasteiger partial charge in [0.2, 0.25) is 0 Å². The SMILES string of the molecule is Cc1cccc([O-])n1.Cc1cccc([O-])n1.[O-]Cc1ccccc1.[O-]Cc1ccccc1.[Ti+4]. The zero-order valence-electron chi connectivity index (χ0n) is 18.7. The first-order valence-electron chi connectivity index (χ1n) is 9.90. The molecule has 0 fully saturated rings. The van der Waals surface area contributed by atoms with Gasteiger partial charge in [0.05, 0.1) is 0 Å². The van der Waals surface area contributed by atoms with Crippen molar-refractivity contribution in [3.05, 3.63) is 120 Å². The molecule has 7 heteroatoms. The first kappa shape index (κ1) is 30.0. The molecule has 0 bridgehead atoms. The van der Waals surface area contributed by atoms with Crippen molar-refractivity contribution < 1.29 is 42.1 Å². The molecule has 2 aromatic heterocycles. The van der Waals surface area contributed by atoms with Gasteiger partial charge in [0.1, 0.15) is 0 Å². The van der Waals surface area contributed by atoms with Crippen LogP contribution in [0.15, 0.2) is 97.1 Å². The summed E-state index contributed by atoms with van der Waals surface area (Å²) < 4.78 is 0. The van der Waals surface area contributed by atoms with Crippen LogP contribution < -0.4 is 20.4 Å². The summed E-state index contributed by atoms with van der Waals surface area (Å²) in [5.41, 5.74) is 3.26. The summed E-state index contributed by atoms with van der Waals surface area (Å²) in [7, 11) is 0. The Balaban J connectivity index is 0.000000410. The van der Waals surface area contributed by atoms with E-state index in [4.69, 9.17) is 0 Å². The van der Waals surface area contributed by atoms with Crippen LogP contribution in [-0.4, -0.2) is 9.97 Å². The molecule has 4 rings (SSSR count). The van der Waals surface area contributed by atoms with Crippen molar-refractivity contribution >= 4 is 0 Å². The van der Waals surface area contributed by atoms with Crippen LogP contribution in [0.5, 0.6) is 11.8 Å². The first-order valence-corrected chi connectivity index (χ1v) is 9.90. The largest absolute Gasteiger partial charge is 4.00 e. The molecule has 0 radical (unpaired) electrons. The first-order chi connectivity index (χ1) is 15.4. The molecule has 0 spiro atoms. The maximum Gasteiger partial charge on any atom is 4.00 e. The molecule has 168 valence electrons. The Hall–Kier alpha value is -3.03. The molecular weight excluding hydrogens is 452 g/mol. The van der Waals surface area contributed by atoms with Gasteiger partial charge in [-0.2, -0.15) is 0 Å². The van der Waals surface area contributed by atoms with E-state index in [1.807, 2.05) is 60.7 Å². The Morgan fingerprint density at radius 3 is 1.03 bits per heavy atom. The van der Waals surface area contributed by atoms with E-state index in [2.05, 4.69) is 9.97 Å². The minimum Gasteiger partial charge on any atom is -0.859 e. The van der Waals surface area contributed by atoms with Crippen molar-refractivity contribution in [2.24, 2.45) is 0 Å². The third kappa shape index (κ3) is 15.4. The number of hydrogen-bond acceptors (Lipinski definition) is 6. The molecule has 0 N–H and O–H groups in total. The molecule has 0 aliphatic rings. The number of aromatic nitrogens is 2. The van der Waals surface area contributed by atoms with Gasteiger partial charge >= 0.3 is 21.7 Å². The van der Waals surface area contributed by atoms with Crippen LogP contribution in [0.1, 0.15) is 22.5 Å². The van der Waals surface area contributed by atoms with Gasteiger partial charge in [-0.1, -0.05) is 96.1 Å². The molecule has 0 atom stereocenters. The average molecular weight is 478 g/mol. The molecule has 0 unspecified atom stereocenters.